The number of hydrogen-bond donors (Lipinski definition) is 3. The highest BCUT2D eigenvalue weighted by Gasteiger charge is 2.05. The topological polar surface area (TPSA) is 87.3 Å². The van der Waals surface area contributed by atoms with E-state index in [0.717, 1.165) is 12.4 Å². The van der Waals surface area contributed by atoms with Crippen molar-refractivity contribution in [3.05, 3.63) is 12.3 Å². The molecule has 1 heterocycles. The molecule has 6 nitrogen and oxygen atoms in total. The molecule has 0 aliphatic heterocycles. The standard InChI is InChI=1S/C9H17N5O/c1-7(15)4-6-14(2)8-3-5-11-9(12-8)13-10/h3,5,7,15H,4,6,10H2,1-2H3,(H,11,12,13). The second kappa shape index (κ2) is 5.47. The van der Waals surface area contributed by atoms with Crippen LogP contribution in [0.15, 0.2) is 12.3 Å². The summed E-state index contributed by atoms with van der Waals surface area (Å²) in [6.07, 6.45) is 2.03. The van der Waals surface area contributed by atoms with Gasteiger partial charge in [0.15, 0.2) is 0 Å². The summed E-state index contributed by atoms with van der Waals surface area (Å²) in [6, 6.07) is 1.79. The maximum Gasteiger partial charge on any atom is 0.239 e. The Morgan fingerprint density at radius 3 is 3.00 bits per heavy atom. The number of nitrogens with one attached hydrogen (secondary N) is 1. The second-order valence-electron chi connectivity index (χ2n) is 3.44. The number of anilines is 2. The first-order chi connectivity index (χ1) is 7.13. The molecule has 15 heavy (non-hydrogen) atoms. The molecule has 0 spiro atoms. The van der Waals surface area contributed by atoms with Gasteiger partial charge in [-0.25, -0.2) is 10.8 Å². The van der Waals surface area contributed by atoms with Crippen molar-refractivity contribution in [3.8, 4) is 0 Å². The van der Waals surface area contributed by atoms with Crippen molar-refractivity contribution in [1.29, 1.82) is 0 Å². The molecule has 1 unspecified atom stereocenters. The van der Waals surface area contributed by atoms with Crippen LogP contribution in [0.5, 0.6) is 0 Å². The average molecular weight is 211 g/mol. The van der Waals surface area contributed by atoms with Crippen molar-refractivity contribution in [2.45, 2.75) is 19.4 Å². The van der Waals surface area contributed by atoms with Crippen LogP contribution < -0.4 is 16.2 Å². The van der Waals surface area contributed by atoms with Gasteiger partial charge >= 0.3 is 0 Å². The third kappa shape index (κ3) is 3.69. The number of nitrogen functional groups attached to an aromatic ring is 1. The van der Waals surface area contributed by atoms with E-state index in [2.05, 4.69) is 15.4 Å². The Bertz CT molecular complexity index is 304. The minimum Gasteiger partial charge on any atom is -0.393 e. The van der Waals surface area contributed by atoms with E-state index >= 15 is 0 Å². The smallest absolute Gasteiger partial charge is 0.239 e. The highest BCUT2D eigenvalue weighted by molar-refractivity contribution is 5.40. The van der Waals surface area contributed by atoms with Crippen molar-refractivity contribution < 1.29 is 5.11 Å². The van der Waals surface area contributed by atoms with E-state index in [1.807, 2.05) is 11.9 Å². The van der Waals surface area contributed by atoms with Gasteiger partial charge in [-0.2, -0.15) is 4.98 Å². The lowest BCUT2D eigenvalue weighted by atomic mass is 10.3. The predicted molar refractivity (Wildman–Crippen MR) is 59.4 cm³/mol. The Kier molecular flexibility index (Phi) is 4.26. The molecular weight excluding hydrogens is 194 g/mol. The first-order valence-corrected chi connectivity index (χ1v) is 4.82. The normalized spacial score (nSPS) is 12.3. The van der Waals surface area contributed by atoms with Gasteiger partial charge in [0, 0.05) is 19.8 Å². The Morgan fingerprint density at radius 1 is 1.67 bits per heavy atom. The van der Waals surface area contributed by atoms with Crippen LogP contribution in [0.25, 0.3) is 0 Å². The lowest BCUT2D eigenvalue weighted by Gasteiger charge is -2.18. The number of nitrogens with two attached hydrogens (primary N) is 1. The molecule has 84 valence electrons. The van der Waals surface area contributed by atoms with Crippen LogP contribution in [0.4, 0.5) is 11.8 Å². The fourth-order valence-electron chi connectivity index (χ4n) is 1.13. The Labute approximate surface area is 89.1 Å². The number of hydrogen-bond acceptors (Lipinski definition) is 6. The van der Waals surface area contributed by atoms with Gasteiger partial charge in [0.25, 0.3) is 0 Å². The lowest BCUT2D eigenvalue weighted by Crippen LogP contribution is -2.23. The summed E-state index contributed by atoms with van der Waals surface area (Å²) in [7, 11) is 1.91. The van der Waals surface area contributed by atoms with Crippen LogP contribution in [0, 0.1) is 0 Å². The molecule has 1 rings (SSSR count). The number of aromatic nitrogens is 2. The first kappa shape index (κ1) is 11.7. The molecule has 0 fully saturated rings. The lowest BCUT2D eigenvalue weighted by molar-refractivity contribution is 0.187. The number of hydrazine groups is 1. The predicted octanol–water partition coefficient (Wildman–Crippen LogP) is -0.0307. The van der Waals surface area contributed by atoms with Crippen molar-refractivity contribution in [1.82, 2.24) is 9.97 Å². The first-order valence-electron chi connectivity index (χ1n) is 4.82. The Balaban J connectivity index is 2.60. The van der Waals surface area contributed by atoms with E-state index in [1.54, 1.807) is 19.2 Å². The fraction of sp³-hybridized carbons (Fsp3) is 0.556. The van der Waals surface area contributed by atoms with Crippen LogP contribution in [-0.2, 0) is 0 Å². The minimum absolute atomic E-state index is 0.304. The summed E-state index contributed by atoms with van der Waals surface area (Å²) in [6.45, 7) is 2.50. The molecule has 0 amide bonds. The summed E-state index contributed by atoms with van der Waals surface area (Å²) in [4.78, 5) is 10.0. The highest BCUT2D eigenvalue weighted by Crippen LogP contribution is 2.10. The molecule has 0 aliphatic rings. The van der Waals surface area contributed by atoms with E-state index in [1.165, 1.54) is 0 Å². The Morgan fingerprint density at radius 2 is 2.40 bits per heavy atom. The van der Waals surface area contributed by atoms with Gasteiger partial charge in [0.05, 0.1) is 6.10 Å². The third-order valence-corrected chi connectivity index (χ3v) is 2.04. The van der Waals surface area contributed by atoms with Gasteiger partial charge in [-0.15, -0.1) is 0 Å². The zero-order valence-corrected chi connectivity index (χ0v) is 9.01. The van der Waals surface area contributed by atoms with Crippen LogP contribution in [-0.4, -0.2) is 34.8 Å². The van der Waals surface area contributed by atoms with E-state index in [4.69, 9.17) is 10.9 Å². The maximum absolute atomic E-state index is 9.16. The molecule has 0 radical (unpaired) electrons. The zero-order chi connectivity index (χ0) is 11.3. The quantitative estimate of drug-likeness (QED) is 0.468. The molecule has 0 aromatic carbocycles. The van der Waals surface area contributed by atoms with Crippen molar-refractivity contribution >= 4 is 11.8 Å². The van der Waals surface area contributed by atoms with E-state index < -0.39 is 0 Å². The summed E-state index contributed by atoms with van der Waals surface area (Å²) >= 11 is 0. The summed E-state index contributed by atoms with van der Waals surface area (Å²) in [5.41, 5.74) is 2.39. The molecule has 1 atom stereocenters. The zero-order valence-electron chi connectivity index (χ0n) is 9.01. The molecule has 6 heteroatoms. The second-order valence-corrected chi connectivity index (χ2v) is 3.44. The molecule has 1 aromatic rings. The van der Waals surface area contributed by atoms with Gasteiger partial charge in [0.1, 0.15) is 5.82 Å². The maximum atomic E-state index is 9.16. The van der Waals surface area contributed by atoms with Gasteiger partial charge < -0.3 is 10.0 Å². The SMILES string of the molecule is CC(O)CCN(C)c1ccnc(NN)n1. The third-order valence-electron chi connectivity index (χ3n) is 2.04. The largest absolute Gasteiger partial charge is 0.393 e. The number of aliphatic hydroxyl groups is 1. The van der Waals surface area contributed by atoms with Gasteiger partial charge in [-0.05, 0) is 19.4 Å². The summed E-state index contributed by atoms with van der Waals surface area (Å²) < 4.78 is 0. The molecule has 0 saturated heterocycles. The molecule has 0 aliphatic carbocycles. The Hall–Kier alpha value is -1.40. The minimum atomic E-state index is -0.304. The van der Waals surface area contributed by atoms with Gasteiger partial charge in [-0.1, -0.05) is 0 Å². The fourth-order valence-corrected chi connectivity index (χ4v) is 1.13. The summed E-state index contributed by atoms with van der Waals surface area (Å²) in [5.74, 6) is 6.37. The number of rotatable bonds is 5. The monoisotopic (exact) mass is 211 g/mol. The van der Waals surface area contributed by atoms with Crippen LogP contribution in [0.2, 0.25) is 0 Å². The molecular formula is C9H17N5O. The molecule has 1 aromatic heterocycles. The molecule has 0 bridgehead atoms. The average Bonchev–Trinajstić information content (AvgIpc) is 2.26. The van der Waals surface area contributed by atoms with Crippen molar-refractivity contribution in [2.75, 3.05) is 23.9 Å². The van der Waals surface area contributed by atoms with E-state index in [9.17, 15) is 0 Å². The van der Waals surface area contributed by atoms with E-state index in [0.29, 0.717) is 12.4 Å². The number of nitrogens with zero attached hydrogens (tertiary/aromatic N) is 3. The summed E-state index contributed by atoms with van der Waals surface area (Å²) in [5, 5.41) is 9.16. The van der Waals surface area contributed by atoms with E-state index in [-0.39, 0.29) is 6.10 Å². The van der Waals surface area contributed by atoms with Crippen LogP contribution in [0.1, 0.15) is 13.3 Å². The van der Waals surface area contributed by atoms with Crippen LogP contribution >= 0.6 is 0 Å². The highest BCUT2D eigenvalue weighted by atomic mass is 16.3. The van der Waals surface area contributed by atoms with Gasteiger partial charge in [-0.3, -0.25) is 5.43 Å². The van der Waals surface area contributed by atoms with Gasteiger partial charge in [0.2, 0.25) is 5.95 Å². The van der Waals surface area contributed by atoms with Crippen LogP contribution in [0.3, 0.4) is 0 Å². The van der Waals surface area contributed by atoms with Crippen molar-refractivity contribution in [2.24, 2.45) is 5.84 Å². The van der Waals surface area contributed by atoms with Crippen molar-refractivity contribution in [3.63, 3.8) is 0 Å². The number of aliphatic hydroxyl groups excluding tert-OH is 1. The molecule has 4 N–H and O–H groups in total. The molecule has 0 saturated carbocycles.